The van der Waals surface area contributed by atoms with Crippen molar-refractivity contribution in [3.05, 3.63) is 95.1 Å². The third-order valence-corrected chi connectivity index (χ3v) is 7.50. The van der Waals surface area contributed by atoms with Crippen LogP contribution in [0.3, 0.4) is 0 Å². The number of rotatable bonds is 10. The summed E-state index contributed by atoms with van der Waals surface area (Å²) in [5, 5.41) is 17.0. The van der Waals surface area contributed by atoms with Gasteiger partial charge in [-0.2, -0.15) is 0 Å². The number of hydrogen-bond acceptors (Lipinski definition) is 5. The fourth-order valence-electron chi connectivity index (χ4n) is 4.83. The second-order valence-electron chi connectivity index (χ2n) is 12.5. The quantitative estimate of drug-likeness (QED) is 0.241. The van der Waals surface area contributed by atoms with E-state index in [9.17, 15) is 19.5 Å². The zero-order valence-electron chi connectivity index (χ0n) is 26.5. The van der Waals surface area contributed by atoms with Crippen LogP contribution < -0.4 is 10.6 Å². The summed E-state index contributed by atoms with van der Waals surface area (Å²) in [6.45, 7) is 14.6. The number of amides is 3. The molecule has 0 aromatic heterocycles. The topological polar surface area (TPSA) is 108 Å². The lowest BCUT2D eigenvalue weighted by molar-refractivity contribution is -0.147. The number of para-hydroxylation sites is 2. The molecule has 0 saturated carbocycles. The summed E-state index contributed by atoms with van der Waals surface area (Å²) in [4.78, 5) is 43.6. The van der Waals surface area contributed by atoms with E-state index in [-0.39, 0.29) is 17.7 Å². The summed E-state index contributed by atoms with van der Waals surface area (Å²) >= 11 is 0. The van der Waals surface area contributed by atoms with Crippen molar-refractivity contribution in [2.75, 3.05) is 5.32 Å². The fourth-order valence-corrected chi connectivity index (χ4v) is 4.83. The minimum Gasteiger partial charge on any atom is -0.507 e. The van der Waals surface area contributed by atoms with Crippen molar-refractivity contribution in [1.29, 1.82) is 0 Å². The van der Waals surface area contributed by atoms with Gasteiger partial charge in [-0.15, -0.1) is 0 Å². The molecule has 8 nitrogen and oxygen atoms in total. The minimum atomic E-state index is -1.22. The van der Waals surface area contributed by atoms with E-state index in [1.165, 1.54) is 4.90 Å². The Labute approximate surface area is 255 Å². The second kappa shape index (κ2) is 13.8. The number of carbonyl (C=O) groups excluding carboxylic acids is 3. The average Bonchev–Trinajstić information content (AvgIpc) is 2.93. The molecule has 2 atom stereocenters. The molecule has 230 valence electrons. The Balaban J connectivity index is 2.19. The van der Waals surface area contributed by atoms with E-state index in [0.717, 1.165) is 11.1 Å². The van der Waals surface area contributed by atoms with Gasteiger partial charge in [-0.1, -0.05) is 73.7 Å². The Hall–Kier alpha value is -4.33. The Kier molecular flexibility index (Phi) is 10.6. The van der Waals surface area contributed by atoms with Crippen molar-refractivity contribution in [3.63, 3.8) is 0 Å². The highest BCUT2D eigenvalue weighted by molar-refractivity contribution is 6.00. The molecular formula is C35H45N3O5. The maximum absolute atomic E-state index is 14.8. The van der Waals surface area contributed by atoms with Gasteiger partial charge in [0.15, 0.2) is 0 Å². The lowest BCUT2D eigenvalue weighted by Crippen LogP contribution is -2.59. The fraction of sp³-hybridized carbons (Fsp3) is 0.400. The summed E-state index contributed by atoms with van der Waals surface area (Å²) in [5.74, 6) is -1.04. The zero-order chi connectivity index (χ0) is 31.9. The molecule has 8 heteroatoms. The minimum absolute atomic E-state index is 0.0724. The lowest BCUT2D eigenvalue weighted by atomic mass is 9.90. The predicted octanol–water partition coefficient (Wildman–Crippen LogP) is 6.84. The molecule has 3 rings (SSSR count). The first-order valence-electron chi connectivity index (χ1n) is 14.7. The number of alkyl carbamates (subject to hydrolysis) is 1. The van der Waals surface area contributed by atoms with Crippen molar-refractivity contribution < 1.29 is 24.2 Å². The van der Waals surface area contributed by atoms with Gasteiger partial charge >= 0.3 is 6.09 Å². The van der Waals surface area contributed by atoms with Crippen LogP contribution in [0.15, 0.2) is 72.8 Å². The number of ether oxygens (including phenoxy) is 1. The summed E-state index contributed by atoms with van der Waals surface area (Å²) < 4.78 is 5.53. The number of phenols is 1. The first-order chi connectivity index (χ1) is 20.1. The van der Waals surface area contributed by atoms with Crippen LogP contribution in [-0.2, 0) is 20.7 Å². The summed E-state index contributed by atoms with van der Waals surface area (Å²) in [6, 6.07) is 19.6. The molecule has 0 aliphatic rings. The number of nitrogens with one attached hydrogen (secondary N) is 2. The third-order valence-electron chi connectivity index (χ3n) is 7.50. The van der Waals surface area contributed by atoms with E-state index >= 15 is 0 Å². The van der Waals surface area contributed by atoms with Crippen LogP contribution in [0, 0.1) is 13.8 Å². The van der Waals surface area contributed by atoms with Crippen molar-refractivity contribution in [2.45, 2.75) is 91.5 Å². The normalized spacial score (nSPS) is 13.0. The smallest absolute Gasteiger partial charge is 0.408 e. The molecular weight excluding hydrogens is 542 g/mol. The molecule has 2 unspecified atom stereocenters. The number of aromatic hydroxyl groups is 1. The molecule has 3 aromatic carbocycles. The monoisotopic (exact) mass is 587 g/mol. The van der Waals surface area contributed by atoms with Crippen molar-refractivity contribution in [1.82, 2.24) is 10.2 Å². The van der Waals surface area contributed by atoms with Gasteiger partial charge in [-0.05, 0) is 77.6 Å². The van der Waals surface area contributed by atoms with Crippen LogP contribution in [0.2, 0.25) is 0 Å². The van der Waals surface area contributed by atoms with Gasteiger partial charge in [0.05, 0.1) is 0 Å². The molecule has 0 heterocycles. The third kappa shape index (κ3) is 8.60. The van der Waals surface area contributed by atoms with Crippen LogP contribution in [-0.4, -0.2) is 45.1 Å². The van der Waals surface area contributed by atoms with E-state index < -0.39 is 41.1 Å². The molecule has 0 spiro atoms. The van der Waals surface area contributed by atoms with Gasteiger partial charge in [0, 0.05) is 23.2 Å². The van der Waals surface area contributed by atoms with Gasteiger partial charge in [0.1, 0.15) is 23.4 Å². The molecule has 0 radical (unpaired) electrons. The number of benzene rings is 3. The Morgan fingerprint density at radius 2 is 1.47 bits per heavy atom. The predicted molar refractivity (Wildman–Crippen MR) is 170 cm³/mol. The number of anilines is 1. The molecule has 0 bridgehead atoms. The van der Waals surface area contributed by atoms with Crippen LogP contribution >= 0.6 is 0 Å². The first kappa shape index (κ1) is 33.2. The molecule has 0 aliphatic heterocycles. The summed E-state index contributed by atoms with van der Waals surface area (Å²) in [5.41, 5.74) is 1.48. The maximum Gasteiger partial charge on any atom is 0.408 e. The van der Waals surface area contributed by atoms with Gasteiger partial charge in [0.2, 0.25) is 5.91 Å². The summed E-state index contributed by atoms with van der Waals surface area (Å²) in [7, 11) is 0. The van der Waals surface area contributed by atoms with Crippen LogP contribution in [0.5, 0.6) is 5.75 Å². The molecule has 0 fully saturated rings. The second-order valence-corrected chi connectivity index (χ2v) is 12.5. The highest BCUT2D eigenvalue weighted by Crippen LogP contribution is 2.38. The number of phenolic OH excluding ortho intramolecular Hbond substituents is 1. The van der Waals surface area contributed by atoms with Crippen LogP contribution in [0.4, 0.5) is 10.5 Å². The van der Waals surface area contributed by atoms with E-state index in [0.29, 0.717) is 17.7 Å². The number of hydrogen-bond donors (Lipinski definition) is 3. The van der Waals surface area contributed by atoms with E-state index in [2.05, 4.69) is 10.6 Å². The first-order valence-corrected chi connectivity index (χ1v) is 14.7. The Morgan fingerprint density at radius 3 is 2.07 bits per heavy atom. The van der Waals surface area contributed by atoms with Crippen LogP contribution in [0.1, 0.15) is 76.3 Å². The molecule has 3 aromatic rings. The average molecular weight is 588 g/mol. The SMILES string of the molecule is CCC(C)(C)N(C(=O)C(Cc1ccccc1)NC(=O)OC(C)(C)C)C(C(=O)Nc1ccccc1C)c1cccc(C)c1O. The highest BCUT2D eigenvalue weighted by Gasteiger charge is 2.44. The largest absolute Gasteiger partial charge is 0.507 e. The van der Waals surface area contributed by atoms with Gasteiger partial charge in [-0.3, -0.25) is 9.59 Å². The van der Waals surface area contributed by atoms with Crippen molar-refractivity contribution in [3.8, 4) is 5.75 Å². The molecule has 3 N–H and O–H groups in total. The van der Waals surface area contributed by atoms with Crippen molar-refractivity contribution >= 4 is 23.6 Å². The van der Waals surface area contributed by atoms with Crippen molar-refractivity contribution in [2.24, 2.45) is 0 Å². The molecule has 3 amide bonds. The van der Waals surface area contributed by atoms with E-state index in [1.54, 1.807) is 52.0 Å². The molecule has 0 aliphatic carbocycles. The van der Waals surface area contributed by atoms with Gasteiger partial charge < -0.3 is 25.4 Å². The van der Waals surface area contributed by atoms with E-state index in [4.69, 9.17) is 4.74 Å². The summed E-state index contributed by atoms with van der Waals surface area (Å²) in [6.07, 6.45) is -0.0826. The lowest BCUT2D eigenvalue weighted by Gasteiger charge is -2.44. The Bertz CT molecular complexity index is 1430. The maximum atomic E-state index is 14.8. The number of carbonyl (C=O) groups is 3. The van der Waals surface area contributed by atoms with Gasteiger partial charge in [-0.25, -0.2) is 4.79 Å². The zero-order valence-corrected chi connectivity index (χ0v) is 26.5. The standard InChI is InChI=1S/C35H45N3O5/c1-9-35(7,8)38(32(41)28(22-25-18-11-10-12-19-25)37-33(42)43-34(4,5)6)29(26-20-15-17-24(3)30(26)39)31(40)36-27-21-14-13-16-23(27)2/h10-21,28-29,39H,9,22H2,1-8H3,(H,36,40)(H,37,42). The number of nitrogens with zero attached hydrogens (tertiary/aromatic N) is 1. The van der Waals surface area contributed by atoms with E-state index in [1.807, 2.05) is 76.2 Å². The molecule has 0 saturated heterocycles. The van der Waals surface area contributed by atoms with Gasteiger partial charge in [0.25, 0.3) is 5.91 Å². The van der Waals surface area contributed by atoms with Crippen LogP contribution in [0.25, 0.3) is 0 Å². The Morgan fingerprint density at radius 1 is 0.860 bits per heavy atom. The molecule has 43 heavy (non-hydrogen) atoms. The number of aryl methyl sites for hydroxylation is 2. The highest BCUT2D eigenvalue weighted by atomic mass is 16.6.